The first-order valence-corrected chi connectivity index (χ1v) is 10.1. The highest BCUT2D eigenvalue weighted by Crippen LogP contribution is 2.17. The van der Waals surface area contributed by atoms with E-state index in [1.165, 1.54) is 5.56 Å². The molecule has 0 radical (unpaired) electrons. The highest BCUT2D eigenvalue weighted by molar-refractivity contribution is 5.92. The van der Waals surface area contributed by atoms with Gasteiger partial charge in [-0.2, -0.15) is 5.10 Å². The second-order valence-corrected chi connectivity index (χ2v) is 7.24. The van der Waals surface area contributed by atoms with Crippen molar-refractivity contribution in [3.63, 3.8) is 0 Å². The summed E-state index contributed by atoms with van der Waals surface area (Å²) in [5, 5.41) is 14.1. The van der Waals surface area contributed by atoms with E-state index in [-0.39, 0.29) is 18.5 Å². The monoisotopic (exact) mass is 422 g/mol. The van der Waals surface area contributed by atoms with Gasteiger partial charge in [0.25, 0.3) is 12.4 Å². The zero-order valence-electron chi connectivity index (χ0n) is 17.4. The number of carboxylic acid groups (broad SMARTS) is 1. The SMILES string of the molecule is Cc1cnc(C(=O)NC[C@H]2CCCO2)cc1Cc1ccc(-n2cccn2)cc1.O=CO. The van der Waals surface area contributed by atoms with Crippen LogP contribution in [0, 0.1) is 6.92 Å². The molecule has 1 aromatic carbocycles. The normalized spacial score (nSPS) is 15.1. The molecule has 2 aromatic heterocycles. The van der Waals surface area contributed by atoms with Crippen LogP contribution in [0.3, 0.4) is 0 Å². The summed E-state index contributed by atoms with van der Waals surface area (Å²) in [6.45, 7) is 3.10. The van der Waals surface area contributed by atoms with Gasteiger partial charge in [0.1, 0.15) is 5.69 Å². The van der Waals surface area contributed by atoms with Crippen LogP contribution in [0.2, 0.25) is 0 Å². The quantitative estimate of drug-likeness (QED) is 0.592. The van der Waals surface area contributed by atoms with E-state index in [1.807, 2.05) is 42.1 Å². The van der Waals surface area contributed by atoms with Crippen LogP contribution in [-0.2, 0) is 16.0 Å². The van der Waals surface area contributed by atoms with Crippen LogP contribution in [0.1, 0.15) is 40.0 Å². The van der Waals surface area contributed by atoms with Gasteiger partial charge in [0, 0.05) is 31.7 Å². The number of ether oxygens (including phenoxy) is 1. The smallest absolute Gasteiger partial charge is 0.290 e. The van der Waals surface area contributed by atoms with Crippen molar-refractivity contribution in [1.29, 1.82) is 0 Å². The second kappa shape index (κ2) is 11.0. The Hall–Kier alpha value is -3.52. The van der Waals surface area contributed by atoms with Crippen molar-refractivity contribution in [3.05, 3.63) is 77.4 Å². The van der Waals surface area contributed by atoms with Gasteiger partial charge in [-0.05, 0) is 67.1 Å². The summed E-state index contributed by atoms with van der Waals surface area (Å²) in [6.07, 6.45) is 8.40. The Morgan fingerprint density at radius 1 is 1.35 bits per heavy atom. The number of pyridine rings is 1. The molecule has 8 nitrogen and oxygen atoms in total. The number of carbonyl (C=O) groups excluding carboxylic acids is 1. The summed E-state index contributed by atoms with van der Waals surface area (Å²) in [7, 11) is 0. The minimum atomic E-state index is -0.250. The summed E-state index contributed by atoms with van der Waals surface area (Å²) in [5.74, 6) is -0.147. The largest absolute Gasteiger partial charge is 0.483 e. The fourth-order valence-electron chi connectivity index (χ4n) is 3.39. The van der Waals surface area contributed by atoms with E-state index >= 15 is 0 Å². The number of rotatable bonds is 6. The van der Waals surface area contributed by atoms with E-state index < -0.39 is 0 Å². The molecule has 3 aromatic rings. The third-order valence-electron chi connectivity index (χ3n) is 5.06. The number of nitrogens with zero attached hydrogens (tertiary/aromatic N) is 3. The summed E-state index contributed by atoms with van der Waals surface area (Å²) >= 11 is 0. The highest BCUT2D eigenvalue weighted by Gasteiger charge is 2.17. The molecule has 0 aliphatic carbocycles. The lowest BCUT2D eigenvalue weighted by molar-refractivity contribution is -0.122. The Morgan fingerprint density at radius 3 is 2.77 bits per heavy atom. The topological polar surface area (TPSA) is 106 Å². The minimum Gasteiger partial charge on any atom is -0.483 e. The first-order valence-electron chi connectivity index (χ1n) is 10.1. The number of aromatic nitrogens is 3. The standard InChI is InChI=1S/C22H24N4O2.CH2O2/c1-16-14-23-21(22(27)24-15-20-4-2-11-28-20)13-18(16)12-17-5-7-19(8-6-17)26-10-3-9-25-26;2-1-3/h3,5-10,13-14,20H,2,4,11-12,15H2,1H3,(H,24,27);1H,(H,2,3)/t20-;/m1./s1. The molecular weight excluding hydrogens is 396 g/mol. The molecule has 0 bridgehead atoms. The molecule has 0 spiro atoms. The maximum atomic E-state index is 12.5. The van der Waals surface area contributed by atoms with Gasteiger partial charge < -0.3 is 15.2 Å². The molecule has 1 atom stereocenters. The molecule has 1 aliphatic rings. The average molecular weight is 422 g/mol. The predicted molar refractivity (Wildman–Crippen MR) is 115 cm³/mol. The zero-order valence-corrected chi connectivity index (χ0v) is 17.4. The third kappa shape index (κ3) is 6.23. The van der Waals surface area contributed by atoms with Crippen LogP contribution < -0.4 is 5.32 Å². The molecule has 1 fully saturated rings. The van der Waals surface area contributed by atoms with Gasteiger partial charge >= 0.3 is 0 Å². The van der Waals surface area contributed by atoms with Gasteiger partial charge in [-0.25, -0.2) is 4.68 Å². The molecule has 0 unspecified atom stereocenters. The van der Waals surface area contributed by atoms with Crippen molar-refractivity contribution in [2.24, 2.45) is 0 Å². The Morgan fingerprint density at radius 2 is 2.13 bits per heavy atom. The van der Waals surface area contributed by atoms with Gasteiger partial charge in [-0.1, -0.05) is 12.1 Å². The number of hydrogen-bond donors (Lipinski definition) is 2. The van der Waals surface area contributed by atoms with Gasteiger partial charge in [0.05, 0.1) is 11.8 Å². The maximum absolute atomic E-state index is 12.5. The van der Waals surface area contributed by atoms with Crippen molar-refractivity contribution < 1.29 is 19.4 Å². The molecule has 0 saturated carbocycles. The molecule has 1 amide bonds. The van der Waals surface area contributed by atoms with Crippen molar-refractivity contribution >= 4 is 12.4 Å². The molecule has 3 heterocycles. The number of aryl methyl sites for hydroxylation is 1. The first-order chi connectivity index (χ1) is 15.1. The number of amides is 1. The van der Waals surface area contributed by atoms with E-state index in [1.54, 1.807) is 12.4 Å². The van der Waals surface area contributed by atoms with Crippen LogP contribution in [0.15, 0.2) is 55.0 Å². The second-order valence-electron chi connectivity index (χ2n) is 7.24. The van der Waals surface area contributed by atoms with E-state index in [2.05, 4.69) is 27.5 Å². The lowest BCUT2D eigenvalue weighted by atomic mass is 10.0. The number of nitrogens with one attached hydrogen (secondary N) is 1. The van der Waals surface area contributed by atoms with E-state index in [4.69, 9.17) is 14.6 Å². The summed E-state index contributed by atoms with van der Waals surface area (Å²) in [4.78, 5) is 25.1. The van der Waals surface area contributed by atoms with E-state index in [0.717, 1.165) is 42.7 Å². The minimum absolute atomic E-state index is 0.127. The lowest BCUT2D eigenvalue weighted by Gasteiger charge is -2.12. The molecule has 1 saturated heterocycles. The average Bonchev–Trinajstić information content (AvgIpc) is 3.49. The fourth-order valence-corrected chi connectivity index (χ4v) is 3.39. The molecule has 8 heteroatoms. The highest BCUT2D eigenvalue weighted by atomic mass is 16.5. The first kappa shape index (κ1) is 22.2. The van der Waals surface area contributed by atoms with Crippen molar-refractivity contribution in [3.8, 4) is 5.69 Å². The fraction of sp³-hybridized carbons (Fsp3) is 0.304. The van der Waals surface area contributed by atoms with Gasteiger partial charge in [-0.3, -0.25) is 14.6 Å². The molecule has 162 valence electrons. The Balaban J connectivity index is 0.000000858. The summed E-state index contributed by atoms with van der Waals surface area (Å²) in [6, 6.07) is 12.1. The van der Waals surface area contributed by atoms with Crippen LogP contribution in [0.25, 0.3) is 5.69 Å². The van der Waals surface area contributed by atoms with Crippen LogP contribution >= 0.6 is 0 Å². The number of hydrogen-bond acceptors (Lipinski definition) is 5. The molecule has 2 N–H and O–H groups in total. The number of carbonyl (C=O) groups is 2. The molecular formula is C23H26N4O4. The van der Waals surface area contributed by atoms with Crippen LogP contribution in [0.5, 0.6) is 0 Å². The zero-order chi connectivity index (χ0) is 22.1. The van der Waals surface area contributed by atoms with Crippen molar-refractivity contribution in [2.45, 2.75) is 32.3 Å². The molecule has 31 heavy (non-hydrogen) atoms. The van der Waals surface area contributed by atoms with Gasteiger partial charge in [0.15, 0.2) is 0 Å². The number of benzene rings is 1. The van der Waals surface area contributed by atoms with Gasteiger partial charge in [0.2, 0.25) is 0 Å². The Bertz CT molecular complexity index is 981. The Labute approximate surface area is 180 Å². The van der Waals surface area contributed by atoms with Crippen molar-refractivity contribution in [2.75, 3.05) is 13.2 Å². The van der Waals surface area contributed by atoms with Crippen LogP contribution in [-0.4, -0.2) is 51.5 Å². The Kier molecular flexibility index (Phi) is 7.89. The summed E-state index contributed by atoms with van der Waals surface area (Å²) in [5.41, 5.74) is 4.83. The molecule has 4 rings (SSSR count). The third-order valence-corrected chi connectivity index (χ3v) is 5.06. The van der Waals surface area contributed by atoms with Crippen molar-refractivity contribution in [1.82, 2.24) is 20.1 Å². The van der Waals surface area contributed by atoms with E-state index in [0.29, 0.717) is 12.2 Å². The van der Waals surface area contributed by atoms with Crippen LogP contribution in [0.4, 0.5) is 0 Å². The van der Waals surface area contributed by atoms with Gasteiger partial charge in [-0.15, -0.1) is 0 Å². The predicted octanol–water partition coefficient (Wildman–Crippen LogP) is 2.78. The lowest BCUT2D eigenvalue weighted by Crippen LogP contribution is -2.32. The summed E-state index contributed by atoms with van der Waals surface area (Å²) < 4.78 is 7.39. The molecule has 1 aliphatic heterocycles. The van der Waals surface area contributed by atoms with E-state index in [9.17, 15) is 4.79 Å². The maximum Gasteiger partial charge on any atom is 0.290 e.